The summed E-state index contributed by atoms with van der Waals surface area (Å²) < 4.78 is 31.4. The number of carboxylic acids is 2. The van der Waals surface area contributed by atoms with Crippen LogP contribution in [0.1, 0.15) is 31.8 Å². The van der Waals surface area contributed by atoms with Crippen molar-refractivity contribution < 1.29 is 32.8 Å². The van der Waals surface area contributed by atoms with Gasteiger partial charge in [0.15, 0.2) is 0 Å². The first-order valence-corrected chi connectivity index (χ1v) is 6.09. The first kappa shape index (κ1) is 18.1. The van der Waals surface area contributed by atoms with Crippen LogP contribution in [-0.2, 0) is 10.1 Å². The number of aromatic carboxylic acids is 2. The zero-order chi connectivity index (χ0) is 14.2. The van der Waals surface area contributed by atoms with Gasteiger partial charge in [-0.3, -0.25) is 4.55 Å². The van der Waals surface area contributed by atoms with Gasteiger partial charge in [-0.15, -0.1) is 0 Å². The second-order valence-corrected chi connectivity index (χ2v) is 5.01. The van der Waals surface area contributed by atoms with Gasteiger partial charge in [-0.1, -0.05) is 0 Å². The molecule has 0 radical (unpaired) electrons. The maximum atomic E-state index is 11.2. The maximum absolute atomic E-state index is 11.2. The Kier molecular flexibility index (Phi) is 5.72. The Balaban J connectivity index is 0.00000324. The Morgan fingerprint density at radius 1 is 1.11 bits per heavy atom. The zero-order valence-electron chi connectivity index (χ0n) is 9.46. The van der Waals surface area contributed by atoms with E-state index in [0.717, 1.165) is 6.07 Å². The van der Waals surface area contributed by atoms with Gasteiger partial charge in [0.05, 0.1) is 11.1 Å². The van der Waals surface area contributed by atoms with Gasteiger partial charge in [-0.2, -0.15) is 8.42 Å². The van der Waals surface area contributed by atoms with Crippen molar-refractivity contribution >= 4 is 51.6 Å². The van der Waals surface area contributed by atoms with Gasteiger partial charge in [-0.05, 0) is 31.0 Å². The summed E-state index contributed by atoms with van der Waals surface area (Å²) in [6.07, 6.45) is 0. The van der Waals surface area contributed by atoms with Gasteiger partial charge in [-0.25, -0.2) is 9.59 Å². The van der Waals surface area contributed by atoms with Crippen molar-refractivity contribution in [2.24, 2.45) is 0 Å². The van der Waals surface area contributed by atoms with E-state index in [4.69, 9.17) is 14.8 Å². The first-order valence-electron chi connectivity index (χ1n) is 4.65. The van der Waals surface area contributed by atoms with Gasteiger partial charge < -0.3 is 10.2 Å². The Bertz CT molecular complexity index is 648. The molecular formula is C10H11NaO7S. The molecule has 0 aromatic heterocycles. The van der Waals surface area contributed by atoms with Crippen LogP contribution in [0, 0.1) is 13.8 Å². The van der Waals surface area contributed by atoms with E-state index in [0.29, 0.717) is 5.56 Å². The molecule has 1 aromatic rings. The van der Waals surface area contributed by atoms with Crippen LogP contribution in [-0.4, -0.2) is 64.7 Å². The second-order valence-electron chi connectivity index (χ2n) is 3.66. The molecule has 0 amide bonds. The van der Waals surface area contributed by atoms with Crippen LogP contribution in [0.4, 0.5) is 0 Å². The van der Waals surface area contributed by atoms with E-state index < -0.39 is 38.1 Å². The van der Waals surface area contributed by atoms with E-state index in [1.165, 1.54) is 13.8 Å². The summed E-state index contributed by atoms with van der Waals surface area (Å²) in [4.78, 5) is 20.9. The Labute approximate surface area is 131 Å². The van der Waals surface area contributed by atoms with E-state index in [9.17, 15) is 18.0 Å². The van der Waals surface area contributed by atoms with Gasteiger partial charge in [0.2, 0.25) is 0 Å². The third-order valence-electron chi connectivity index (χ3n) is 2.50. The van der Waals surface area contributed by atoms with Gasteiger partial charge in [0.25, 0.3) is 10.1 Å². The molecule has 0 saturated heterocycles. The van der Waals surface area contributed by atoms with Crippen LogP contribution >= 0.6 is 0 Å². The fourth-order valence-corrected chi connectivity index (χ4v) is 2.50. The molecule has 0 saturated carbocycles. The van der Waals surface area contributed by atoms with Crippen molar-refractivity contribution in [1.29, 1.82) is 0 Å². The normalized spacial score (nSPS) is 10.7. The SMILES string of the molecule is Cc1cc(C(=O)O)c(S(=O)(=O)O)c(C(=O)O)c1C.[NaH]. The van der Waals surface area contributed by atoms with Crippen molar-refractivity contribution in [3.05, 3.63) is 28.3 Å². The molecule has 0 aliphatic rings. The molecule has 0 aliphatic carbocycles. The second kappa shape index (κ2) is 6.02. The molecule has 0 fully saturated rings. The summed E-state index contributed by atoms with van der Waals surface area (Å²) >= 11 is 0. The number of hydrogen-bond donors (Lipinski definition) is 3. The number of carbonyl (C=O) groups is 2. The van der Waals surface area contributed by atoms with Crippen molar-refractivity contribution in [2.75, 3.05) is 0 Å². The Hall–Kier alpha value is -0.930. The molecule has 0 bridgehead atoms. The summed E-state index contributed by atoms with van der Waals surface area (Å²) in [7, 11) is -4.96. The molecule has 7 nitrogen and oxygen atoms in total. The van der Waals surface area contributed by atoms with E-state index in [2.05, 4.69) is 0 Å². The van der Waals surface area contributed by atoms with Crippen molar-refractivity contribution in [3.63, 3.8) is 0 Å². The van der Waals surface area contributed by atoms with Crippen LogP contribution < -0.4 is 0 Å². The van der Waals surface area contributed by atoms with Crippen LogP contribution in [0.2, 0.25) is 0 Å². The van der Waals surface area contributed by atoms with E-state index in [1.54, 1.807) is 0 Å². The van der Waals surface area contributed by atoms with E-state index in [1.807, 2.05) is 0 Å². The number of benzene rings is 1. The fourth-order valence-electron chi connectivity index (χ4n) is 1.58. The van der Waals surface area contributed by atoms with Crippen LogP contribution in [0.3, 0.4) is 0 Å². The quantitative estimate of drug-likeness (QED) is 0.540. The minimum atomic E-state index is -4.96. The Morgan fingerprint density at radius 3 is 1.89 bits per heavy atom. The summed E-state index contributed by atoms with van der Waals surface area (Å²) in [6, 6.07) is 1.01. The molecule has 0 unspecified atom stereocenters. The van der Waals surface area contributed by atoms with Crippen LogP contribution in [0.15, 0.2) is 11.0 Å². The predicted molar refractivity (Wildman–Crippen MR) is 66.8 cm³/mol. The van der Waals surface area contributed by atoms with E-state index >= 15 is 0 Å². The molecule has 19 heavy (non-hydrogen) atoms. The first-order chi connectivity index (χ1) is 8.07. The third-order valence-corrected chi connectivity index (χ3v) is 3.44. The third kappa shape index (κ3) is 3.54. The van der Waals surface area contributed by atoms with Gasteiger partial charge >= 0.3 is 41.5 Å². The topological polar surface area (TPSA) is 129 Å². The molecule has 0 aliphatic heterocycles. The number of carboxylic acid groups (broad SMARTS) is 2. The fraction of sp³-hybridized carbons (Fsp3) is 0.200. The minimum absolute atomic E-state index is 0. The Morgan fingerprint density at radius 2 is 1.58 bits per heavy atom. The molecule has 100 valence electrons. The number of hydrogen-bond acceptors (Lipinski definition) is 4. The molecule has 0 atom stereocenters. The average molecular weight is 298 g/mol. The van der Waals surface area contributed by atoms with Crippen molar-refractivity contribution in [1.82, 2.24) is 0 Å². The summed E-state index contributed by atoms with van der Waals surface area (Å²) in [5.41, 5.74) is -1.11. The molecule has 0 heterocycles. The van der Waals surface area contributed by atoms with Crippen LogP contribution in [0.5, 0.6) is 0 Å². The summed E-state index contributed by atoms with van der Waals surface area (Å²) in [6.45, 7) is 2.78. The molecule has 0 spiro atoms. The molecule has 3 N–H and O–H groups in total. The molecule has 1 aromatic carbocycles. The van der Waals surface area contributed by atoms with Gasteiger partial charge in [0.1, 0.15) is 4.90 Å². The van der Waals surface area contributed by atoms with Gasteiger partial charge in [0, 0.05) is 0 Å². The van der Waals surface area contributed by atoms with Crippen LogP contribution in [0.25, 0.3) is 0 Å². The summed E-state index contributed by atoms with van der Waals surface area (Å²) in [5, 5.41) is 17.9. The molecule has 1 rings (SSSR count). The molecule has 9 heteroatoms. The van der Waals surface area contributed by atoms with E-state index in [-0.39, 0.29) is 35.1 Å². The summed E-state index contributed by atoms with van der Waals surface area (Å²) in [5.74, 6) is -3.25. The van der Waals surface area contributed by atoms with Crippen molar-refractivity contribution in [3.8, 4) is 0 Å². The number of aryl methyl sites for hydroxylation is 1. The number of rotatable bonds is 3. The zero-order valence-corrected chi connectivity index (χ0v) is 10.3. The van der Waals surface area contributed by atoms with Crippen molar-refractivity contribution in [2.45, 2.75) is 18.7 Å². The standard InChI is InChI=1S/C10H10O7S.Na.H/c1-4-3-6(9(11)12)8(18(15,16)17)7(5(4)2)10(13)14;;/h3H,1-2H3,(H,11,12)(H,13,14)(H,15,16,17);;. The predicted octanol–water partition coefficient (Wildman–Crippen LogP) is 0.298. The average Bonchev–Trinajstić information content (AvgIpc) is 2.18. The molecular weight excluding hydrogens is 287 g/mol. The monoisotopic (exact) mass is 298 g/mol.